The van der Waals surface area contributed by atoms with Gasteiger partial charge in [-0.15, -0.1) is 12.4 Å². The number of halogens is 1. The standard InChI is InChI=1S/C17H21N3O2S.ClH/c21-14-17(13-7-3-1-4-8-13,15(22)19-16(23)18-14)9-12-20-10-5-2-6-11-20;/h1,3-4,7-8H,2,5-6,9-12H2,(H2,18,19,21,22,23);1H. The number of carbonyl (C=O) groups is 2. The number of nitrogens with one attached hydrogen (secondary N) is 2. The molecule has 2 saturated heterocycles. The number of nitrogens with zero attached hydrogens (tertiary/aromatic N) is 1. The lowest BCUT2D eigenvalue weighted by atomic mass is 9.74. The summed E-state index contributed by atoms with van der Waals surface area (Å²) in [5.74, 6) is -0.649. The van der Waals surface area contributed by atoms with Crippen molar-refractivity contribution in [2.75, 3.05) is 19.6 Å². The summed E-state index contributed by atoms with van der Waals surface area (Å²) in [6.07, 6.45) is 4.08. The normalized spacial score (nSPS) is 20.8. The Hall–Kier alpha value is -1.50. The molecule has 2 aliphatic rings. The van der Waals surface area contributed by atoms with Crippen LogP contribution < -0.4 is 10.6 Å². The van der Waals surface area contributed by atoms with Crippen LogP contribution in [0.5, 0.6) is 0 Å². The molecule has 2 fully saturated rings. The van der Waals surface area contributed by atoms with Crippen LogP contribution in [0.3, 0.4) is 0 Å². The molecular formula is C17H22ClN3O2S. The zero-order valence-corrected chi connectivity index (χ0v) is 15.0. The van der Waals surface area contributed by atoms with Gasteiger partial charge in [0, 0.05) is 0 Å². The fourth-order valence-corrected chi connectivity index (χ4v) is 3.60. The minimum atomic E-state index is -1.21. The average Bonchev–Trinajstić information content (AvgIpc) is 2.56. The molecule has 2 N–H and O–H groups in total. The van der Waals surface area contributed by atoms with E-state index >= 15 is 0 Å². The van der Waals surface area contributed by atoms with E-state index in [1.54, 1.807) is 0 Å². The van der Waals surface area contributed by atoms with Gasteiger partial charge in [0.2, 0.25) is 11.8 Å². The van der Waals surface area contributed by atoms with E-state index in [0.717, 1.165) is 25.2 Å². The van der Waals surface area contributed by atoms with E-state index in [4.69, 9.17) is 12.2 Å². The number of carbonyl (C=O) groups excluding carboxylic acids is 2. The van der Waals surface area contributed by atoms with Gasteiger partial charge in [-0.25, -0.2) is 0 Å². The maximum absolute atomic E-state index is 12.7. The smallest absolute Gasteiger partial charge is 0.246 e. The second kappa shape index (κ2) is 8.05. The van der Waals surface area contributed by atoms with E-state index in [-0.39, 0.29) is 29.3 Å². The van der Waals surface area contributed by atoms with Crippen molar-refractivity contribution in [3.8, 4) is 0 Å². The lowest BCUT2D eigenvalue weighted by molar-refractivity contribution is -0.138. The quantitative estimate of drug-likeness (QED) is 0.628. The van der Waals surface area contributed by atoms with Gasteiger partial charge in [0.15, 0.2) is 10.5 Å². The topological polar surface area (TPSA) is 61.4 Å². The first kappa shape index (κ1) is 18.8. The zero-order valence-electron chi connectivity index (χ0n) is 13.4. The van der Waals surface area contributed by atoms with E-state index in [2.05, 4.69) is 15.5 Å². The Morgan fingerprint density at radius 1 is 1.00 bits per heavy atom. The van der Waals surface area contributed by atoms with E-state index in [1.807, 2.05) is 30.3 Å². The van der Waals surface area contributed by atoms with E-state index in [9.17, 15) is 9.59 Å². The Morgan fingerprint density at radius 3 is 2.17 bits per heavy atom. The molecule has 7 heteroatoms. The van der Waals surface area contributed by atoms with Gasteiger partial charge >= 0.3 is 0 Å². The van der Waals surface area contributed by atoms with Crippen LogP contribution in [-0.2, 0) is 15.0 Å². The van der Waals surface area contributed by atoms with Crippen LogP contribution in [0.1, 0.15) is 31.2 Å². The third kappa shape index (κ3) is 3.61. The summed E-state index contributed by atoms with van der Waals surface area (Å²) < 4.78 is 0. The molecule has 2 heterocycles. The minimum Gasteiger partial charge on any atom is -0.303 e. The van der Waals surface area contributed by atoms with Crippen LogP contribution in [-0.4, -0.2) is 41.5 Å². The third-order valence-corrected chi connectivity index (χ3v) is 4.95. The number of amides is 2. The van der Waals surface area contributed by atoms with Crippen LogP contribution >= 0.6 is 24.6 Å². The number of hydrogen-bond acceptors (Lipinski definition) is 4. The highest BCUT2D eigenvalue weighted by Gasteiger charge is 2.50. The first-order valence-electron chi connectivity index (χ1n) is 8.08. The van der Waals surface area contributed by atoms with Gasteiger partial charge in [-0.3, -0.25) is 9.59 Å². The van der Waals surface area contributed by atoms with Crippen LogP contribution in [0.25, 0.3) is 0 Å². The van der Waals surface area contributed by atoms with Crippen LogP contribution in [0.2, 0.25) is 0 Å². The largest absolute Gasteiger partial charge is 0.303 e. The van der Waals surface area contributed by atoms with Crippen LogP contribution in [0.15, 0.2) is 30.3 Å². The number of likely N-dealkylation sites (tertiary alicyclic amines) is 1. The number of thiocarbonyl (C=S) groups is 1. The molecule has 24 heavy (non-hydrogen) atoms. The molecule has 1 aromatic rings. The third-order valence-electron chi connectivity index (χ3n) is 4.75. The molecule has 2 amide bonds. The Bertz CT molecular complexity index is 598. The molecular weight excluding hydrogens is 346 g/mol. The SMILES string of the molecule is Cl.O=C1NC(=S)NC(=O)C1(CCN1CCCCC1)c1ccccc1. The predicted molar refractivity (Wildman–Crippen MR) is 99.2 cm³/mol. The second-order valence-electron chi connectivity index (χ2n) is 6.16. The number of piperidine rings is 1. The fraction of sp³-hybridized carbons (Fsp3) is 0.471. The highest BCUT2D eigenvalue weighted by Crippen LogP contribution is 2.31. The van der Waals surface area contributed by atoms with Crippen molar-refractivity contribution >= 4 is 41.6 Å². The summed E-state index contributed by atoms with van der Waals surface area (Å²) in [7, 11) is 0. The summed E-state index contributed by atoms with van der Waals surface area (Å²) >= 11 is 4.95. The summed E-state index contributed by atoms with van der Waals surface area (Å²) in [5.41, 5.74) is -0.490. The van der Waals surface area contributed by atoms with Crippen molar-refractivity contribution in [1.82, 2.24) is 15.5 Å². The van der Waals surface area contributed by atoms with E-state index in [0.29, 0.717) is 6.42 Å². The molecule has 0 spiro atoms. The van der Waals surface area contributed by atoms with Crippen molar-refractivity contribution in [2.24, 2.45) is 0 Å². The van der Waals surface area contributed by atoms with Gasteiger partial charge in [-0.2, -0.15) is 0 Å². The molecule has 1 aromatic carbocycles. The molecule has 0 saturated carbocycles. The maximum atomic E-state index is 12.7. The molecule has 0 bridgehead atoms. The zero-order chi connectivity index (χ0) is 16.3. The van der Waals surface area contributed by atoms with Crippen molar-refractivity contribution in [1.29, 1.82) is 0 Å². The number of rotatable bonds is 4. The summed E-state index contributed by atoms with van der Waals surface area (Å²) in [6.45, 7) is 2.79. The molecule has 0 aliphatic carbocycles. The van der Waals surface area contributed by atoms with Gasteiger partial charge in [0.05, 0.1) is 0 Å². The Labute approximate surface area is 153 Å². The van der Waals surface area contributed by atoms with Gasteiger partial charge in [-0.05, 0) is 56.7 Å². The molecule has 0 radical (unpaired) electrons. The number of hydrogen-bond donors (Lipinski definition) is 2. The highest BCUT2D eigenvalue weighted by molar-refractivity contribution is 7.80. The summed E-state index contributed by atoms with van der Waals surface area (Å²) in [6, 6.07) is 9.26. The first-order valence-corrected chi connectivity index (χ1v) is 8.48. The van der Waals surface area contributed by atoms with Crippen molar-refractivity contribution in [3.63, 3.8) is 0 Å². The van der Waals surface area contributed by atoms with Crippen LogP contribution in [0, 0.1) is 0 Å². The van der Waals surface area contributed by atoms with Gasteiger partial charge in [-0.1, -0.05) is 36.8 Å². The van der Waals surface area contributed by atoms with Crippen molar-refractivity contribution in [2.45, 2.75) is 31.1 Å². The molecule has 0 atom stereocenters. The molecule has 0 aromatic heterocycles. The molecule has 0 unspecified atom stereocenters. The summed E-state index contributed by atoms with van der Waals surface area (Å²) in [5, 5.41) is 5.35. The van der Waals surface area contributed by atoms with Gasteiger partial charge in [0.25, 0.3) is 0 Å². The Morgan fingerprint density at radius 2 is 1.58 bits per heavy atom. The predicted octanol–water partition coefficient (Wildman–Crippen LogP) is 1.75. The Balaban J connectivity index is 0.00000208. The lowest BCUT2D eigenvalue weighted by Gasteiger charge is -2.37. The second-order valence-corrected chi connectivity index (χ2v) is 6.57. The Kier molecular flexibility index (Phi) is 6.32. The van der Waals surface area contributed by atoms with Crippen LogP contribution in [0.4, 0.5) is 0 Å². The van der Waals surface area contributed by atoms with Crippen molar-refractivity contribution in [3.05, 3.63) is 35.9 Å². The van der Waals surface area contributed by atoms with Crippen molar-refractivity contribution < 1.29 is 9.59 Å². The minimum absolute atomic E-state index is 0. The van der Waals surface area contributed by atoms with E-state index < -0.39 is 5.41 Å². The maximum Gasteiger partial charge on any atom is 0.246 e. The van der Waals surface area contributed by atoms with Gasteiger partial charge < -0.3 is 15.5 Å². The average molecular weight is 368 g/mol. The monoisotopic (exact) mass is 367 g/mol. The highest BCUT2D eigenvalue weighted by atomic mass is 35.5. The number of benzene rings is 1. The first-order chi connectivity index (χ1) is 11.1. The molecule has 5 nitrogen and oxygen atoms in total. The van der Waals surface area contributed by atoms with Gasteiger partial charge in [0.1, 0.15) is 0 Å². The molecule has 3 rings (SSSR count). The van der Waals surface area contributed by atoms with E-state index in [1.165, 1.54) is 19.3 Å². The lowest BCUT2D eigenvalue weighted by Crippen LogP contribution is -2.65. The molecule has 130 valence electrons. The summed E-state index contributed by atoms with van der Waals surface area (Å²) in [4.78, 5) is 27.8. The molecule has 2 aliphatic heterocycles. The fourth-order valence-electron chi connectivity index (χ4n) is 3.42.